The molecular weight excluding hydrogens is 500 g/mol. The van der Waals surface area contributed by atoms with Gasteiger partial charge < -0.3 is 14.2 Å². The van der Waals surface area contributed by atoms with Gasteiger partial charge in [0.1, 0.15) is 22.9 Å². The Hall–Kier alpha value is -4.19. The van der Waals surface area contributed by atoms with Crippen LogP contribution in [-0.4, -0.2) is 19.7 Å². The number of azo groups is 1. The molecule has 0 amide bonds. The van der Waals surface area contributed by atoms with Crippen LogP contribution in [0.2, 0.25) is 0 Å². The van der Waals surface area contributed by atoms with Crippen LogP contribution in [0.5, 0.6) is 17.2 Å². The maximum absolute atomic E-state index is 13.1. The molecule has 0 atom stereocenters. The fourth-order valence-corrected chi connectivity index (χ4v) is 4.51. The standard InChI is InChI=1S/C34H38N2O4/c1-3-4-5-6-7-8-9-14-25-39-28-22-19-27(20-23-28)34(37)40-32-24-21-26-15-10-11-16-29(26)33(32)36-35-30-17-12-13-18-31(30)38-2/h10-13,15-24H,3-9,14,25H2,1-2H3. The Kier molecular flexibility index (Phi) is 11.1. The Morgan fingerprint density at radius 1 is 0.700 bits per heavy atom. The molecule has 0 aliphatic heterocycles. The summed E-state index contributed by atoms with van der Waals surface area (Å²) in [6.07, 6.45) is 10.1. The number of fused-ring (bicyclic) bond motifs is 1. The number of nitrogens with zero attached hydrogens (tertiary/aromatic N) is 2. The van der Waals surface area contributed by atoms with Gasteiger partial charge in [-0.3, -0.25) is 0 Å². The number of methoxy groups -OCH3 is 1. The van der Waals surface area contributed by atoms with Gasteiger partial charge in [0, 0.05) is 5.39 Å². The molecule has 4 aromatic rings. The average molecular weight is 539 g/mol. The van der Waals surface area contributed by atoms with Gasteiger partial charge in [-0.2, -0.15) is 0 Å². The summed E-state index contributed by atoms with van der Waals surface area (Å²) < 4.78 is 17.1. The summed E-state index contributed by atoms with van der Waals surface area (Å²) in [6.45, 7) is 2.92. The highest BCUT2D eigenvalue weighted by atomic mass is 16.5. The van der Waals surface area contributed by atoms with Crippen LogP contribution in [0.15, 0.2) is 95.2 Å². The first-order valence-corrected chi connectivity index (χ1v) is 14.2. The van der Waals surface area contributed by atoms with E-state index in [0.29, 0.717) is 35.0 Å². The molecule has 0 aliphatic rings. The molecule has 0 spiro atoms. The zero-order valence-corrected chi connectivity index (χ0v) is 23.5. The number of para-hydroxylation sites is 1. The lowest BCUT2D eigenvalue weighted by Gasteiger charge is -2.11. The Labute approximate surface area is 237 Å². The van der Waals surface area contributed by atoms with Crippen molar-refractivity contribution in [2.24, 2.45) is 10.2 Å². The van der Waals surface area contributed by atoms with Gasteiger partial charge in [-0.15, -0.1) is 10.2 Å². The van der Waals surface area contributed by atoms with Gasteiger partial charge in [0.05, 0.1) is 19.3 Å². The van der Waals surface area contributed by atoms with Crippen LogP contribution in [0.4, 0.5) is 11.4 Å². The second-order valence-electron chi connectivity index (χ2n) is 9.74. The van der Waals surface area contributed by atoms with Crippen molar-refractivity contribution in [2.45, 2.75) is 58.3 Å². The van der Waals surface area contributed by atoms with E-state index < -0.39 is 5.97 Å². The lowest BCUT2D eigenvalue weighted by molar-refractivity contribution is 0.0735. The van der Waals surface area contributed by atoms with E-state index in [9.17, 15) is 4.79 Å². The summed E-state index contributed by atoms with van der Waals surface area (Å²) in [5.74, 6) is 1.21. The zero-order chi connectivity index (χ0) is 28.0. The van der Waals surface area contributed by atoms with Crippen LogP contribution in [0.1, 0.15) is 68.6 Å². The largest absolute Gasteiger partial charge is 0.494 e. The number of carbonyl (C=O) groups is 1. The molecule has 0 fully saturated rings. The summed E-state index contributed by atoms with van der Waals surface area (Å²) >= 11 is 0. The maximum atomic E-state index is 13.1. The van der Waals surface area contributed by atoms with Crippen LogP contribution in [0.25, 0.3) is 10.8 Å². The predicted molar refractivity (Wildman–Crippen MR) is 161 cm³/mol. The molecule has 4 rings (SSSR count). The number of rotatable bonds is 15. The van der Waals surface area contributed by atoms with E-state index in [0.717, 1.165) is 22.9 Å². The molecule has 0 aliphatic carbocycles. The highest BCUT2D eigenvalue weighted by molar-refractivity contribution is 5.98. The van der Waals surface area contributed by atoms with E-state index in [1.807, 2.05) is 66.7 Å². The first-order chi connectivity index (χ1) is 19.7. The Morgan fingerprint density at radius 2 is 1.40 bits per heavy atom. The van der Waals surface area contributed by atoms with Crippen molar-refractivity contribution in [2.75, 3.05) is 13.7 Å². The molecule has 0 heterocycles. The minimum absolute atomic E-state index is 0.331. The van der Waals surface area contributed by atoms with E-state index >= 15 is 0 Å². The molecule has 40 heavy (non-hydrogen) atoms. The van der Waals surface area contributed by atoms with Crippen molar-refractivity contribution in [3.63, 3.8) is 0 Å². The molecule has 0 saturated heterocycles. The van der Waals surface area contributed by atoms with Crippen molar-refractivity contribution >= 4 is 28.1 Å². The quantitative estimate of drug-likeness (QED) is 0.0653. The lowest BCUT2D eigenvalue weighted by Crippen LogP contribution is -2.08. The molecule has 0 unspecified atom stereocenters. The molecule has 0 bridgehead atoms. The van der Waals surface area contributed by atoms with Gasteiger partial charge in [-0.1, -0.05) is 94.3 Å². The Balaban J connectivity index is 1.39. The number of unbranched alkanes of at least 4 members (excludes halogenated alkanes) is 7. The third-order valence-electron chi connectivity index (χ3n) is 6.77. The molecule has 4 aromatic carbocycles. The fourth-order valence-electron chi connectivity index (χ4n) is 4.51. The van der Waals surface area contributed by atoms with E-state index in [1.54, 1.807) is 25.3 Å². The van der Waals surface area contributed by atoms with Crippen LogP contribution in [0, 0.1) is 0 Å². The summed E-state index contributed by atoms with van der Waals surface area (Å²) in [4.78, 5) is 13.1. The van der Waals surface area contributed by atoms with Crippen molar-refractivity contribution < 1.29 is 19.0 Å². The topological polar surface area (TPSA) is 69.5 Å². The summed E-state index contributed by atoms with van der Waals surface area (Å²) in [5.41, 5.74) is 1.49. The number of hydrogen-bond acceptors (Lipinski definition) is 6. The summed E-state index contributed by atoms with van der Waals surface area (Å²) in [6, 6.07) is 25.9. The minimum Gasteiger partial charge on any atom is -0.494 e. The van der Waals surface area contributed by atoms with E-state index in [2.05, 4.69) is 17.2 Å². The number of esters is 1. The minimum atomic E-state index is -0.473. The monoisotopic (exact) mass is 538 g/mol. The molecule has 0 aromatic heterocycles. The zero-order valence-electron chi connectivity index (χ0n) is 23.5. The van der Waals surface area contributed by atoms with Gasteiger partial charge in [0.25, 0.3) is 0 Å². The Morgan fingerprint density at radius 3 is 2.17 bits per heavy atom. The van der Waals surface area contributed by atoms with Crippen molar-refractivity contribution in [3.8, 4) is 17.2 Å². The Bertz CT molecular complexity index is 1400. The molecule has 0 radical (unpaired) electrons. The SMILES string of the molecule is CCCCCCCCCCOc1ccc(C(=O)Oc2ccc3ccccc3c2N=Nc2ccccc2OC)cc1. The second-order valence-corrected chi connectivity index (χ2v) is 9.74. The molecule has 0 N–H and O–H groups in total. The predicted octanol–water partition coefficient (Wildman–Crippen LogP) is 10.0. The van der Waals surface area contributed by atoms with Crippen LogP contribution < -0.4 is 14.2 Å². The van der Waals surface area contributed by atoms with Crippen LogP contribution >= 0.6 is 0 Å². The third-order valence-corrected chi connectivity index (χ3v) is 6.77. The van der Waals surface area contributed by atoms with Crippen LogP contribution in [-0.2, 0) is 0 Å². The number of benzene rings is 4. The maximum Gasteiger partial charge on any atom is 0.343 e. The molecule has 208 valence electrons. The second kappa shape index (κ2) is 15.4. The van der Waals surface area contributed by atoms with Crippen LogP contribution in [0.3, 0.4) is 0 Å². The number of hydrogen-bond donors (Lipinski definition) is 0. The lowest BCUT2D eigenvalue weighted by atomic mass is 10.1. The first-order valence-electron chi connectivity index (χ1n) is 14.2. The number of carbonyl (C=O) groups excluding carboxylic acids is 1. The third kappa shape index (κ3) is 8.15. The van der Waals surface area contributed by atoms with Crippen molar-refractivity contribution in [1.29, 1.82) is 0 Å². The fraction of sp³-hybridized carbons (Fsp3) is 0.324. The van der Waals surface area contributed by atoms with Gasteiger partial charge in [0.15, 0.2) is 5.75 Å². The smallest absolute Gasteiger partial charge is 0.343 e. The summed E-state index contributed by atoms with van der Waals surface area (Å²) in [7, 11) is 1.59. The molecule has 0 saturated carbocycles. The van der Waals surface area contributed by atoms with Gasteiger partial charge >= 0.3 is 5.97 Å². The summed E-state index contributed by atoms with van der Waals surface area (Å²) in [5, 5.41) is 10.7. The van der Waals surface area contributed by atoms with Gasteiger partial charge in [0.2, 0.25) is 0 Å². The molecular formula is C34H38N2O4. The number of ether oxygens (including phenoxy) is 3. The molecule has 6 heteroatoms. The van der Waals surface area contributed by atoms with Gasteiger partial charge in [-0.05, 0) is 54.3 Å². The highest BCUT2D eigenvalue weighted by Gasteiger charge is 2.15. The first kappa shape index (κ1) is 28.8. The van der Waals surface area contributed by atoms with Crippen molar-refractivity contribution in [3.05, 3.63) is 90.5 Å². The van der Waals surface area contributed by atoms with Gasteiger partial charge in [-0.25, -0.2) is 4.79 Å². The van der Waals surface area contributed by atoms with E-state index in [1.165, 1.54) is 44.9 Å². The van der Waals surface area contributed by atoms with E-state index in [-0.39, 0.29) is 0 Å². The van der Waals surface area contributed by atoms with Crippen molar-refractivity contribution in [1.82, 2.24) is 0 Å². The molecule has 6 nitrogen and oxygen atoms in total. The highest BCUT2D eigenvalue weighted by Crippen LogP contribution is 2.38. The average Bonchev–Trinajstić information content (AvgIpc) is 3.00. The normalized spacial score (nSPS) is 11.2. The van der Waals surface area contributed by atoms with E-state index in [4.69, 9.17) is 14.2 Å².